The van der Waals surface area contributed by atoms with Crippen LogP contribution in [0.2, 0.25) is 0 Å². The number of aryl methyl sites for hydroxylation is 1. The maximum Gasteiger partial charge on any atom is 0.272 e. The Morgan fingerprint density at radius 3 is 2.73 bits per heavy atom. The Hall–Kier alpha value is -2.03. The van der Waals surface area contributed by atoms with Gasteiger partial charge in [-0.2, -0.15) is 0 Å². The minimum absolute atomic E-state index is 0.0666. The molecule has 0 aliphatic rings. The first kappa shape index (κ1) is 8.29. The normalized spacial score (nSPS) is 11.3. The van der Waals surface area contributed by atoms with Gasteiger partial charge in [0.15, 0.2) is 0 Å². The molecule has 0 aliphatic carbocycles. The van der Waals surface area contributed by atoms with Crippen LogP contribution in [-0.4, -0.2) is 9.97 Å². The predicted octanol–water partition coefficient (Wildman–Crippen LogP) is 2.32. The molecule has 0 bridgehead atoms. The standard InChI is InChI=1S/C12H10N2O/c1-7-3-2-4-8-9-5-6-13-12(15)11(9)14-10(7)8/h2-6,14H,1H3,(H,13,15). The molecule has 2 heterocycles. The number of pyridine rings is 1. The molecule has 0 amide bonds. The minimum atomic E-state index is -0.0666. The van der Waals surface area contributed by atoms with E-state index in [4.69, 9.17) is 0 Å². The van der Waals surface area contributed by atoms with Gasteiger partial charge in [0.25, 0.3) is 5.56 Å². The molecular formula is C12H10N2O. The molecular weight excluding hydrogens is 188 g/mol. The molecule has 3 aromatic rings. The molecule has 74 valence electrons. The van der Waals surface area contributed by atoms with Crippen molar-refractivity contribution in [2.45, 2.75) is 6.92 Å². The third-order valence-corrected chi connectivity index (χ3v) is 2.77. The number of rotatable bonds is 0. The highest BCUT2D eigenvalue weighted by molar-refractivity contribution is 6.07. The van der Waals surface area contributed by atoms with Gasteiger partial charge in [0, 0.05) is 22.5 Å². The van der Waals surface area contributed by atoms with Gasteiger partial charge in [0.2, 0.25) is 0 Å². The Kier molecular flexibility index (Phi) is 1.51. The van der Waals surface area contributed by atoms with Gasteiger partial charge >= 0.3 is 0 Å². The van der Waals surface area contributed by atoms with Crippen LogP contribution in [0.5, 0.6) is 0 Å². The molecule has 0 aliphatic heterocycles. The smallest absolute Gasteiger partial charge is 0.272 e. The fourth-order valence-corrected chi connectivity index (χ4v) is 2.01. The lowest BCUT2D eigenvalue weighted by atomic mass is 10.1. The molecule has 3 nitrogen and oxygen atoms in total. The number of hydrogen-bond acceptors (Lipinski definition) is 1. The molecule has 15 heavy (non-hydrogen) atoms. The summed E-state index contributed by atoms with van der Waals surface area (Å²) in [7, 11) is 0. The predicted molar refractivity (Wildman–Crippen MR) is 61.2 cm³/mol. The number of benzene rings is 1. The lowest BCUT2D eigenvalue weighted by molar-refractivity contribution is 1.26. The fourth-order valence-electron chi connectivity index (χ4n) is 2.01. The zero-order valence-corrected chi connectivity index (χ0v) is 8.29. The van der Waals surface area contributed by atoms with Gasteiger partial charge in [-0.05, 0) is 18.6 Å². The number of aromatic nitrogens is 2. The molecule has 0 spiro atoms. The molecule has 0 saturated heterocycles. The second-order valence-electron chi connectivity index (χ2n) is 3.72. The Morgan fingerprint density at radius 2 is 1.87 bits per heavy atom. The van der Waals surface area contributed by atoms with Crippen molar-refractivity contribution in [1.82, 2.24) is 9.97 Å². The van der Waals surface area contributed by atoms with E-state index < -0.39 is 0 Å². The van der Waals surface area contributed by atoms with Crippen LogP contribution in [0.1, 0.15) is 5.56 Å². The quantitative estimate of drug-likeness (QED) is 0.572. The molecule has 0 radical (unpaired) electrons. The summed E-state index contributed by atoms with van der Waals surface area (Å²) >= 11 is 0. The van der Waals surface area contributed by atoms with Crippen molar-refractivity contribution in [3.05, 3.63) is 46.4 Å². The van der Waals surface area contributed by atoms with Gasteiger partial charge in [0.1, 0.15) is 5.52 Å². The van der Waals surface area contributed by atoms with Crippen molar-refractivity contribution in [3.63, 3.8) is 0 Å². The van der Waals surface area contributed by atoms with Crippen molar-refractivity contribution in [1.29, 1.82) is 0 Å². The van der Waals surface area contributed by atoms with Crippen molar-refractivity contribution in [2.75, 3.05) is 0 Å². The third-order valence-electron chi connectivity index (χ3n) is 2.77. The number of para-hydroxylation sites is 1. The van der Waals surface area contributed by atoms with Gasteiger partial charge in [-0.25, -0.2) is 0 Å². The second kappa shape index (κ2) is 2.73. The molecule has 0 unspecified atom stereocenters. The van der Waals surface area contributed by atoms with Gasteiger partial charge in [-0.3, -0.25) is 4.79 Å². The summed E-state index contributed by atoms with van der Waals surface area (Å²) in [6.45, 7) is 2.03. The summed E-state index contributed by atoms with van der Waals surface area (Å²) in [5, 5.41) is 2.09. The average molecular weight is 198 g/mol. The van der Waals surface area contributed by atoms with Crippen LogP contribution in [0, 0.1) is 6.92 Å². The fraction of sp³-hybridized carbons (Fsp3) is 0.0833. The van der Waals surface area contributed by atoms with Crippen molar-refractivity contribution in [3.8, 4) is 0 Å². The maximum absolute atomic E-state index is 11.6. The Morgan fingerprint density at radius 1 is 1.07 bits per heavy atom. The van der Waals surface area contributed by atoms with E-state index in [1.165, 1.54) is 0 Å². The van der Waals surface area contributed by atoms with Gasteiger partial charge in [0.05, 0.1) is 0 Å². The Bertz CT molecular complexity index is 706. The van der Waals surface area contributed by atoms with Crippen molar-refractivity contribution < 1.29 is 0 Å². The first-order valence-corrected chi connectivity index (χ1v) is 4.86. The zero-order chi connectivity index (χ0) is 10.4. The minimum Gasteiger partial charge on any atom is -0.350 e. The molecule has 3 heteroatoms. The van der Waals surface area contributed by atoms with Crippen LogP contribution >= 0.6 is 0 Å². The summed E-state index contributed by atoms with van der Waals surface area (Å²) in [5.41, 5.74) is 2.79. The molecule has 2 N–H and O–H groups in total. The molecule has 0 saturated carbocycles. The van der Waals surface area contributed by atoms with Crippen LogP contribution in [0.25, 0.3) is 21.8 Å². The number of fused-ring (bicyclic) bond motifs is 3. The van der Waals surface area contributed by atoms with Gasteiger partial charge < -0.3 is 9.97 Å². The highest BCUT2D eigenvalue weighted by Crippen LogP contribution is 2.24. The lowest BCUT2D eigenvalue weighted by Crippen LogP contribution is -2.03. The average Bonchev–Trinajstić information content (AvgIpc) is 2.60. The number of nitrogens with one attached hydrogen (secondary N) is 2. The highest BCUT2D eigenvalue weighted by atomic mass is 16.1. The van der Waals surface area contributed by atoms with Crippen LogP contribution in [0.4, 0.5) is 0 Å². The molecule has 3 rings (SSSR count). The first-order valence-electron chi connectivity index (χ1n) is 4.86. The summed E-state index contributed by atoms with van der Waals surface area (Å²) < 4.78 is 0. The van der Waals surface area contributed by atoms with Gasteiger partial charge in [-0.1, -0.05) is 18.2 Å². The summed E-state index contributed by atoms with van der Waals surface area (Å²) in [6, 6.07) is 7.99. The summed E-state index contributed by atoms with van der Waals surface area (Å²) in [6.07, 6.45) is 1.68. The van der Waals surface area contributed by atoms with Crippen LogP contribution in [0.15, 0.2) is 35.3 Å². The van der Waals surface area contributed by atoms with E-state index in [0.717, 1.165) is 21.9 Å². The lowest BCUT2D eigenvalue weighted by Gasteiger charge is -1.93. The first-order chi connectivity index (χ1) is 7.27. The van der Waals surface area contributed by atoms with E-state index in [9.17, 15) is 4.79 Å². The molecule has 2 aromatic heterocycles. The molecule has 0 fully saturated rings. The highest BCUT2D eigenvalue weighted by Gasteiger charge is 2.07. The van der Waals surface area contributed by atoms with E-state index >= 15 is 0 Å². The Balaban J connectivity index is 2.69. The van der Waals surface area contributed by atoms with Crippen LogP contribution in [-0.2, 0) is 0 Å². The monoisotopic (exact) mass is 198 g/mol. The van der Waals surface area contributed by atoms with Crippen LogP contribution < -0.4 is 5.56 Å². The van der Waals surface area contributed by atoms with E-state index in [0.29, 0.717) is 5.52 Å². The van der Waals surface area contributed by atoms with E-state index in [-0.39, 0.29) is 5.56 Å². The molecule has 1 aromatic carbocycles. The zero-order valence-electron chi connectivity index (χ0n) is 8.29. The van der Waals surface area contributed by atoms with E-state index in [1.54, 1.807) is 6.20 Å². The number of H-pyrrole nitrogens is 2. The van der Waals surface area contributed by atoms with E-state index in [1.807, 2.05) is 31.2 Å². The largest absolute Gasteiger partial charge is 0.350 e. The van der Waals surface area contributed by atoms with Crippen LogP contribution in [0.3, 0.4) is 0 Å². The SMILES string of the molecule is Cc1cccc2c1[nH]c1c(=O)[nH]ccc12. The topological polar surface area (TPSA) is 48.6 Å². The van der Waals surface area contributed by atoms with Crippen molar-refractivity contribution >= 4 is 21.8 Å². The second-order valence-corrected chi connectivity index (χ2v) is 3.72. The summed E-state index contributed by atoms with van der Waals surface area (Å²) in [4.78, 5) is 17.4. The van der Waals surface area contributed by atoms with Crippen molar-refractivity contribution in [2.24, 2.45) is 0 Å². The number of hydrogen-bond donors (Lipinski definition) is 2. The van der Waals surface area contributed by atoms with Gasteiger partial charge in [-0.15, -0.1) is 0 Å². The number of aromatic amines is 2. The maximum atomic E-state index is 11.6. The molecule has 0 atom stereocenters. The summed E-state index contributed by atoms with van der Waals surface area (Å²) in [5.74, 6) is 0. The Labute approximate surface area is 85.8 Å². The third kappa shape index (κ3) is 1.03. The van der Waals surface area contributed by atoms with E-state index in [2.05, 4.69) is 9.97 Å².